The number of fused-ring (bicyclic) bond motifs is 4. The first-order valence-electron chi connectivity index (χ1n) is 9.32. The van der Waals surface area contributed by atoms with Gasteiger partial charge in [0.2, 0.25) is 0 Å². The molecule has 0 amide bonds. The summed E-state index contributed by atoms with van der Waals surface area (Å²) in [6, 6.07) is 24.7. The van der Waals surface area contributed by atoms with E-state index in [0.717, 1.165) is 48.5 Å². The Hall–Kier alpha value is -3.70. The molecule has 6 aromatic rings. The molecule has 6 rings (SSSR count). The van der Waals surface area contributed by atoms with Crippen molar-refractivity contribution in [2.45, 2.75) is 0 Å². The van der Waals surface area contributed by atoms with Crippen molar-refractivity contribution in [2.75, 3.05) is 0 Å². The third kappa shape index (κ3) is 2.67. The van der Waals surface area contributed by atoms with Crippen LogP contribution in [0.25, 0.3) is 53.9 Å². The zero-order valence-corrected chi connectivity index (χ0v) is 16.1. The quantitative estimate of drug-likeness (QED) is 0.334. The van der Waals surface area contributed by atoms with Crippen LogP contribution in [0.2, 0.25) is 0 Å². The summed E-state index contributed by atoms with van der Waals surface area (Å²) in [5.74, 6) is 0. The van der Waals surface area contributed by atoms with E-state index < -0.39 is 0 Å². The van der Waals surface area contributed by atoms with Crippen LogP contribution in [0.4, 0.5) is 0 Å². The third-order valence-corrected chi connectivity index (χ3v) is 6.13. The summed E-state index contributed by atoms with van der Waals surface area (Å²) in [4.78, 5) is 18.5. The van der Waals surface area contributed by atoms with Crippen molar-refractivity contribution in [3.05, 3.63) is 85.3 Å². The van der Waals surface area contributed by atoms with Crippen molar-refractivity contribution in [3.63, 3.8) is 0 Å². The molecule has 0 saturated heterocycles. The van der Waals surface area contributed by atoms with Gasteiger partial charge in [0.05, 0.1) is 27.1 Å². The van der Waals surface area contributed by atoms with Gasteiger partial charge < -0.3 is 0 Å². The average molecular weight is 390 g/mol. The van der Waals surface area contributed by atoms with Gasteiger partial charge in [-0.15, -0.1) is 11.3 Å². The van der Waals surface area contributed by atoms with E-state index in [2.05, 4.69) is 63.5 Å². The summed E-state index contributed by atoms with van der Waals surface area (Å²) in [6.07, 6.45) is 3.46. The third-order valence-electron chi connectivity index (χ3n) is 5.07. The summed E-state index contributed by atoms with van der Waals surface area (Å²) in [6.45, 7) is 0. The van der Waals surface area contributed by atoms with Crippen molar-refractivity contribution < 1.29 is 0 Å². The molecule has 29 heavy (non-hydrogen) atoms. The van der Waals surface area contributed by atoms with Crippen molar-refractivity contribution >= 4 is 43.2 Å². The van der Waals surface area contributed by atoms with Crippen LogP contribution in [0.1, 0.15) is 0 Å². The second kappa shape index (κ2) is 6.43. The molecule has 3 aromatic heterocycles. The lowest BCUT2D eigenvalue weighted by molar-refractivity contribution is 1.22. The first-order valence-corrected chi connectivity index (χ1v) is 10.1. The highest BCUT2D eigenvalue weighted by Crippen LogP contribution is 2.34. The van der Waals surface area contributed by atoms with E-state index in [1.54, 1.807) is 17.7 Å². The van der Waals surface area contributed by atoms with Crippen LogP contribution >= 0.6 is 11.3 Å². The number of para-hydroxylation sites is 1. The highest BCUT2D eigenvalue weighted by molar-refractivity contribution is 7.21. The number of nitrogens with zero attached hydrogens (tertiary/aromatic N) is 4. The molecule has 0 atom stereocenters. The second-order valence-electron chi connectivity index (χ2n) is 6.82. The highest BCUT2D eigenvalue weighted by atomic mass is 32.1. The number of pyridine rings is 1. The highest BCUT2D eigenvalue weighted by Gasteiger charge is 2.13. The summed E-state index contributed by atoms with van der Waals surface area (Å²) in [7, 11) is 0. The van der Waals surface area contributed by atoms with Crippen LogP contribution in [0.3, 0.4) is 0 Å². The van der Waals surface area contributed by atoms with Gasteiger partial charge in [-0.2, -0.15) is 0 Å². The Morgan fingerprint density at radius 1 is 0.724 bits per heavy atom. The van der Waals surface area contributed by atoms with E-state index in [-0.39, 0.29) is 0 Å². The van der Waals surface area contributed by atoms with Crippen LogP contribution in [-0.4, -0.2) is 19.9 Å². The van der Waals surface area contributed by atoms with Gasteiger partial charge in [-0.05, 0) is 41.1 Å². The number of hydrogen-bond acceptors (Lipinski definition) is 5. The molecule has 4 nitrogen and oxygen atoms in total. The van der Waals surface area contributed by atoms with Crippen molar-refractivity contribution in [1.29, 1.82) is 0 Å². The van der Waals surface area contributed by atoms with Crippen molar-refractivity contribution in [1.82, 2.24) is 19.9 Å². The van der Waals surface area contributed by atoms with Gasteiger partial charge in [-0.3, -0.25) is 4.98 Å². The lowest BCUT2D eigenvalue weighted by Crippen LogP contribution is -1.92. The average Bonchev–Trinajstić information content (AvgIpc) is 3.23. The summed E-state index contributed by atoms with van der Waals surface area (Å²) < 4.78 is 1.16. The molecule has 0 N–H and O–H groups in total. The van der Waals surface area contributed by atoms with Crippen LogP contribution in [0.15, 0.2) is 85.3 Å². The SMILES string of the molecule is c1ccc2c(c1)ccc1ncnc(-c3ccnc(-c4nc5ccccc5s4)c3)c12. The Balaban J connectivity index is 1.59. The van der Waals surface area contributed by atoms with Gasteiger partial charge >= 0.3 is 0 Å². The molecule has 0 radical (unpaired) electrons. The van der Waals surface area contributed by atoms with E-state index in [0.29, 0.717) is 0 Å². The van der Waals surface area contributed by atoms with Crippen molar-refractivity contribution in [2.24, 2.45) is 0 Å². The maximum absolute atomic E-state index is 4.75. The fourth-order valence-corrected chi connectivity index (χ4v) is 4.66. The summed E-state index contributed by atoms with van der Waals surface area (Å²) in [5.41, 5.74) is 4.72. The molecule has 0 saturated carbocycles. The topological polar surface area (TPSA) is 51.6 Å². The zero-order valence-electron chi connectivity index (χ0n) is 15.3. The predicted molar refractivity (Wildman–Crippen MR) is 119 cm³/mol. The van der Waals surface area contributed by atoms with Crippen LogP contribution < -0.4 is 0 Å². The monoisotopic (exact) mass is 390 g/mol. The van der Waals surface area contributed by atoms with E-state index in [1.807, 2.05) is 30.5 Å². The standard InChI is InChI=1S/C24H14N4S/c1-2-6-17-15(5-1)9-10-19-22(17)23(27-14-26-19)16-11-12-25-20(13-16)24-28-18-7-3-4-8-21(18)29-24/h1-14H. The van der Waals surface area contributed by atoms with Crippen LogP contribution in [0, 0.1) is 0 Å². The Labute approximate surface area is 170 Å². The Bertz CT molecular complexity index is 1490. The lowest BCUT2D eigenvalue weighted by atomic mass is 10.0. The second-order valence-corrected chi connectivity index (χ2v) is 7.85. The predicted octanol–water partition coefficient (Wildman–Crippen LogP) is 6.12. The molecule has 0 aliphatic heterocycles. The molecular formula is C24H14N4S. The van der Waals surface area contributed by atoms with Gasteiger partial charge in [0.1, 0.15) is 11.3 Å². The zero-order chi connectivity index (χ0) is 19.2. The molecule has 0 unspecified atom stereocenters. The number of benzene rings is 3. The molecule has 0 aliphatic rings. The fourth-order valence-electron chi connectivity index (χ4n) is 3.73. The first-order chi connectivity index (χ1) is 14.4. The van der Waals surface area contributed by atoms with Gasteiger partial charge in [0.15, 0.2) is 0 Å². The summed E-state index contributed by atoms with van der Waals surface area (Å²) in [5, 5.41) is 4.30. The molecule has 0 fully saturated rings. The molecule has 0 aliphatic carbocycles. The normalized spacial score (nSPS) is 11.4. The minimum Gasteiger partial charge on any atom is -0.254 e. The maximum atomic E-state index is 4.75. The molecule has 0 spiro atoms. The molecule has 136 valence electrons. The van der Waals surface area contributed by atoms with E-state index >= 15 is 0 Å². The lowest BCUT2D eigenvalue weighted by Gasteiger charge is -2.09. The smallest absolute Gasteiger partial charge is 0.143 e. The maximum Gasteiger partial charge on any atom is 0.143 e. The molecule has 3 aromatic carbocycles. The molecule has 0 bridgehead atoms. The Morgan fingerprint density at radius 2 is 1.62 bits per heavy atom. The number of aromatic nitrogens is 4. The van der Waals surface area contributed by atoms with Gasteiger partial charge in [-0.25, -0.2) is 15.0 Å². The fraction of sp³-hybridized carbons (Fsp3) is 0. The van der Waals surface area contributed by atoms with Gasteiger partial charge in [-0.1, -0.05) is 42.5 Å². The molecule has 5 heteroatoms. The van der Waals surface area contributed by atoms with E-state index in [4.69, 9.17) is 4.98 Å². The molecular weight excluding hydrogens is 376 g/mol. The van der Waals surface area contributed by atoms with E-state index in [9.17, 15) is 0 Å². The van der Waals surface area contributed by atoms with Crippen LogP contribution in [-0.2, 0) is 0 Å². The Kier molecular flexibility index (Phi) is 3.61. The Morgan fingerprint density at radius 3 is 2.59 bits per heavy atom. The van der Waals surface area contributed by atoms with Crippen LogP contribution in [0.5, 0.6) is 0 Å². The van der Waals surface area contributed by atoms with Gasteiger partial charge in [0, 0.05) is 17.1 Å². The number of rotatable bonds is 2. The minimum absolute atomic E-state index is 0.857. The largest absolute Gasteiger partial charge is 0.254 e. The van der Waals surface area contributed by atoms with Crippen molar-refractivity contribution in [3.8, 4) is 22.0 Å². The summed E-state index contributed by atoms with van der Waals surface area (Å²) >= 11 is 1.65. The molecule has 3 heterocycles. The van der Waals surface area contributed by atoms with Gasteiger partial charge in [0.25, 0.3) is 0 Å². The van der Waals surface area contributed by atoms with E-state index in [1.165, 1.54) is 5.39 Å². The first kappa shape index (κ1) is 16.3. The number of thiazole rings is 1. The minimum atomic E-state index is 0.857. The number of hydrogen-bond donors (Lipinski definition) is 0.